The third kappa shape index (κ3) is 1.78. The molecule has 0 atom stereocenters. The van der Waals surface area contributed by atoms with Gasteiger partial charge in [-0.15, -0.1) is 0 Å². The second kappa shape index (κ2) is 4.18. The van der Waals surface area contributed by atoms with Gasteiger partial charge in [-0.1, -0.05) is 11.6 Å². The van der Waals surface area contributed by atoms with Gasteiger partial charge in [0.2, 0.25) is 0 Å². The highest BCUT2D eigenvalue weighted by Crippen LogP contribution is 2.45. The molecule has 0 radical (unpaired) electrons. The second-order valence-corrected chi connectivity index (χ2v) is 4.04. The molecule has 0 unspecified atom stereocenters. The van der Waals surface area contributed by atoms with Gasteiger partial charge in [0.05, 0.1) is 18.3 Å². The number of phenols is 1. The van der Waals surface area contributed by atoms with Crippen molar-refractivity contribution in [2.75, 3.05) is 12.8 Å². The Morgan fingerprint density at radius 3 is 2.76 bits per heavy atom. The van der Waals surface area contributed by atoms with Gasteiger partial charge in [0.15, 0.2) is 11.5 Å². The fourth-order valence-electron chi connectivity index (χ4n) is 1.77. The van der Waals surface area contributed by atoms with Gasteiger partial charge >= 0.3 is 0 Å². The average Bonchev–Trinajstić information content (AvgIpc) is 2.65. The van der Waals surface area contributed by atoms with Crippen molar-refractivity contribution < 1.29 is 9.84 Å². The summed E-state index contributed by atoms with van der Waals surface area (Å²) in [7, 11) is 1.44. The van der Waals surface area contributed by atoms with Gasteiger partial charge in [-0.2, -0.15) is 5.10 Å². The molecule has 2 rings (SSSR count). The molecule has 0 saturated carbocycles. The lowest BCUT2D eigenvalue weighted by Gasteiger charge is -2.13. The smallest absolute Gasteiger partial charge is 0.179 e. The number of halogens is 1. The first-order valence-electron chi connectivity index (χ1n) is 4.91. The van der Waals surface area contributed by atoms with Gasteiger partial charge in [-0.25, -0.2) is 0 Å². The van der Waals surface area contributed by atoms with Crippen LogP contribution in [-0.2, 0) is 0 Å². The second-order valence-electron chi connectivity index (χ2n) is 3.63. The molecule has 0 aliphatic heterocycles. The minimum atomic E-state index is -0.0365. The Morgan fingerprint density at radius 1 is 1.53 bits per heavy atom. The van der Waals surface area contributed by atoms with Crippen LogP contribution in [0.5, 0.6) is 11.5 Å². The first-order valence-corrected chi connectivity index (χ1v) is 5.29. The van der Waals surface area contributed by atoms with E-state index in [0.29, 0.717) is 22.0 Å². The predicted octanol–water partition coefficient (Wildman–Crippen LogP) is 2.33. The van der Waals surface area contributed by atoms with Crippen molar-refractivity contribution in [3.63, 3.8) is 0 Å². The number of benzene rings is 1. The van der Waals surface area contributed by atoms with Crippen LogP contribution in [0.4, 0.5) is 5.82 Å². The first-order chi connectivity index (χ1) is 8.06. The summed E-state index contributed by atoms with van der Waals surface area (Å²) in [5, 5.41) is 16.9. The number of nitrogens with two attached hydrogens (primary N) is 1. The van der Waals surface area contributed by atoms with Gasteiger partial charge in [0.25, 0.3) is 0 Å². The quantitative estimate of drug-likeness (QED) is 0.767. The lowest BCUT2D eigenvalue weighted by atomic mass is 10.0. The molecule has 6 heteroatoms. The molecule has 1 heterocycles. The first kappa shape index (κ1) is 11.6. The minimum Gasteiger partial charge on any atom is -0.504 e. The molecule has 0 aliphatic carbocycles. The molecule has 5 nitrogen and oxygen atoms in total. The topological polar surface area (TPSA) is 84.2 Å². The number of hydrogen-bond acceptors (Lipinski definition) is 4. The molecule has 0 amide bonds. The summed E-state index contributed by atoms with van der Waals surface area (Å²) >= 11 is 5.97. The Morgan fingerprint density at radius 2 is 2.24 bits per heavy atom. The van der Waals surface area contributed by atoms with Crippen molar-refractivity contribution in [3.05, 3.63) is 22.8 Å². The summed E-state index contributed by atoms with van der Waals surface area (Å²) < 4.78 is 5.06. The van der Waals surface area contributed by atoms with Crippen molar-refractivity contribution in [2.45, 2.75) is 6.92 Å². The molecule has 4 N–H and O–H groups in total. The Labute approximate surface area is 103 Å². The normalized spacial score (nSPS) is 10.5. The largest absolute Gasteiger partial charge is 0.504 e. The van der Waals surface area contributed by atoms with Gasteiger partial charge < -0.3 is 15.6 Å². The molecular weight excluding hydrogens is 242 g/mol. The number of anilines is 1. The molecule has 0 saturated heterocycles. The molecule has 0 spiro atoms. The van der Waals surface area contributed by atoms with Crippen molar-refractivity contribution in [1.29, 1.82) is 0 Å². The van der Waals surface area contributed by atoms with Crippen molar-refractivity contribution >= 4 is 17.4 Å². The number of hydrogen-bond donors (Lipinski definition) is 3. The van der Waals surface area contributed by atoms with E-state index in [0.717, 1.165) is 5.56 Å². The zero-order chi connectivity index (χ0) is 12.6. The third-order valence-corrected chi connectivity index (χ3v) is 2.83. The van der Waals surface area contributed by atoms with Crippen LogP contribution in [0.3, 0.4) is 0 Å². The molecule has 1 aromatic carbocycles. The fourth-order valence-corrected chi connectivity index (χ4v) is 2.10. The maximum absolute atomic E-state index is 10.1. The van der Waals surface area contributed by atoms with Crippen LogP contribution in [0.15, 0.2) is 12.3 Å². The number of phenolic OH excluding ortho intramolecular Hbond substituents is 1. The SMILES string of the molecule is COc1c(Cl)cc(C)c(-c2cn[nH]c2N)c1O. The van der Waals surface area contributed by atoms with E-state index in [2.05, 4.69) is 10.2 Å². The van der Waals surface area contributed by atoms with Crippen LogP contribution in [0, 0.1) is 6.92 Å². The maximum Gasteiger partial charge on any atom is 0.179 e. The Balaban J connectivity index is 2.74. The van der Waals surface area contributed by atoms with Crippen molar-refractivity contribution in [2.24, 2.45) is 0 Å². The summed E-state index contributed by atoms with van der Waals surface area (Å²) in [6.07, 6.45) is 1.55. The molecule has 1 aromatic heterocycles. The molecule has 90 valence electrons. The molecule has 0 aliphatic rings. The summed E-state index contributed by atoms with van der Waals surface area (Å²) in [5.41, 5.74) is 7.72. The number of rotatable bonds is 2. The van der Waals surface area contributed by atoms with Crippen LogP contribution < -0.4 is 10.5 Å². The van der Waals surface area contributed by atoms with E-state index < -0.39 is 0 Å². The standard InChI is InChI=1S/C11H12ClN3O2/c1-5-3-7(12)10(17-2)9(16)8(5)6-4-14-15-11(6)13/h3-4,16H,1-2H3,(H3,13,14,15). The molecule has 0 bridgehead atoms. The lowest BCUT2D eigenvalue weighted by molar-refractivity contribution is 0.374. The fraction of sp³-hybridized carbons (Fsp3) is 0.182. The monoisotopic (exact) mass is 253 g/mol. The summed E-state index contributed by atoms with van der Waals surface area (Å²) in [5.74, 6) is 0.575. The number of ether oxygens (including phenoxy) is 1. The third-order valence-electron chi connectivity index (χ3n) is 2.55. The van der Waals surface area contributed by atoms with E-state index in [-0.39, 0.29) is 11.5 Å². The van der Waals surface area contributed by atoms with E-state index in [1.807, 2.05) is 6.92 Å². The highest BCUT2D eigenvalue weighted by atomic mass is 35.5. The average molecular weight is 254 g/mol. The number of H-pyrrole nitrogens is 1. The Bertz CT molecular complexity index is 566. The van der Waals surface area contributed by atoms with Crippen LogP contribution in [0.1, 0.15) is 5.56 Å². The molecule has 2 aromatic rings. The number of nitrogens with one attached hydrogen (secondary N) is 1. The summed E-state index contributed by atoms with van der Waals surface area (Å²) in [6.45, 7) is 1.83. The van der Waals surface area contributed by atoms with E-state index in [1.54, 1.807) is 12.3 Å². The number of aromatic nitrogens is 2. The highest BCUT2D eigenvalue weighted by molar-refractivity contribution is 6.32. The number of nitrogen functional groups attached to an aromatic ring is 1. The van der Waals surface area contributed by atoms with Crippen LogP contribution in [-0.4, -0.2) is 22.4 Å². The van der Waals surface area contributed by atoms with Crippen LogP contribution >= 0.6 is 11.6 Å². The van der Waals surface area contributed by atoms with E-state index in [9.17, 15) is 5.11 Å². The van der Waals surface area contributed by atoms with Gasteiger partial charge in [-0.3, -0.25) is 5.10 Å². The maximum atomic E-state index is 10.1. The molecule has 17 heavy (non-hydrogen) atoms. The Kier molecular flexibility index (Phi) is 2.85. The number of aryl methyl sites for hydroxylation is 1. The zero-order valence-electron chi connectivity index (χ0n) is 9.41. The van der Waals surface area contributed by atoms with Gasteiger partial charge in [0, 0.05) is 11.1 Å². The number of aromatic amines is 1. The van der Waals surface area contributed by atoms with Crippen LogP contribution in [0.25, 0.3) is 11.1 Å². The summed E-state index contributed by atoms with van der Waals surface area (Å²) in [4.78, 5) is 0. The minimum absolute atomic E-state index is 0.0365. The zero-order valence-corrected chi connectivity index (χ0v) is 10.2. The number of aromatic hydroxyl groups is 1. The van der Waals surface area contributed by atoms with Gasteiger partial charge in [0.1, 0.15) is 5.82 Å². The molecular formula is C11H12ClN3O2. The van der Waals surface area contributed by atoms with Gasteiger partial charge in [-0.05, 0) is 18.6 Å². The highest BCUT2D eigenvalue weighted by Gasteiger charge is 2.19. The van der Waals surface area contributed by atoms with Crippen molar-refractivity contribution in [1.82, 2.24) is 10.2 Å². The van der Waals surface area contributed by atoms with E-state index >= 15 is 0 Å². The van der Waals surface area contributed by atoms with Crippen molar-refractivity contribution in [3.8, 4) is 22.6 Å². The Hall–Kier alpha value is -1.88. The molecule has 0 fully saturated rings. The summed E-state index contributed by atoms with van der Waals surface area (Å²) in [6, 6.07) is 1.71. The number of methoxy groups -OCH3 is 1. The number of nitrogens with zero attached hydrogens (tertiary/aromatic N) is 1. The van der Waals surface area contributed by atoms with E-state index in [1.165, 1.54) is 7.11 Å². The predicted molar refractivity (Wildman–Crippen MR) is 66.4 cm³/mol. The van der Waals surface area contributed by atoms with E-state index in [4.69, 9.17) is 22.1 Å². The lowest BCUT2D eigenvalue weighted by Crippen LogP contribution is -1.93. The van der Waals surface area contributed by atoms with Crippen LogP contribution in [0.2, 0.25) is 5.02 Å².